The molecule has 1 aliphatic rings. The van der Waals surface area contributed by atoms with Crippen LogP contribution in [0.3, 0.4) is 0 Å². The number of nitrogens with one attached hydrogen (secondary N) is 1. The molecular weight excluding hydrogens is 256 g/mol. The van der Waals surface area contributed by atoms with Crippen LogP contribution in [0.2, 0.25) is 0 Å². The first-order valence-corrected chi connectivity index (χ1v) is 7.95. The highest BCUT2D eigenvalue weighted by molar-refractivity contribution is 7.89. The lowest BCUT2D eigenvalue weighted by Crippen LogP contribution is -2.37. The van der Waals surface area contributed by atoms with Crippen LogP contribution in [0, 0.1) is 0 Å². The summed E-state index contributed by atoms with van der Waals surface area (Å²) in [6.45, 7) is 6.33. The second-order valence-electron chi connectivity index (χ2n) is 4.77. The lowest BCUT2D eigenvalue weighted by molar-refractivity contribution is 0.130. The van der Waals surface area contributed by atoms with Gasteiger partial charge in [-0.25, -0.2) is 17.9 Å². The van der Waals surface area contributed by atoms with Gasteiger partial charge in [0.1, 0.15) is 6.10 Å². The van der Waals surface area contributed by atoms with Gasteiger partial charge in [-0.3, -0.25) is 0 Å². The number of nitrogens with zero attached hydrogens (tertiary/aromatic N) is 1. The van der Waals surface area contributed by atoms with Crippen molar-refractivity contribution in [2.75, 3.05) is 18.8 Å². The Labute approximate surface area is 109 Å². The van der Waals surface area contributed by atoms with Crippen LogP contribution in [0.25, 0.3) is 0 Å². The van der Waals surface area contributed by atoms with Crippen LogP contribution in [0.5, 0.6) is 0 Å². The number of rotatable bonds is 7. The van der Waals surface area contributed by atoms with Crippen molar-refractivity contribution in [1.82, 2.24) is 9.62 Å². The molecule has 1 N–H and O–H groups in total. The van der Waals surface area contributed by atoms with Gasteiger partial charge in [-0.05, 0) is 20.3 Å². The van der Waals surface area contributed by atoms with Crippen LogP contribution in [0.15, 0.2) is 0 Å². The van der Waals surface area contributed by atoms with Crippen molar-refractivity contribution in [3.63, 3.8) is 0 Å². The normalized spacial score (nSPS) is 20.6. The van der Waals surface area contributed by atoms with E-state index in [0.717, 1.165) is 6.42 Å². The van der Waals surface area contributed by atoms with Crippen LogP contribution in [0.4, 0.5) is 4.79 Å². The topological polar surface area (TPSA) is 75.7 Å². The van der Waals surface area contributed by atoms with E-state index in [4.69, 9.17) is 4.74 Å². The van der Waals surface area contributed by atoms with Crippen LogP contribution < -0.4 is 4.72 Å². The summed E-state index contributed by atoms with van der Waals surface area (Å²) >= 11 is 0. The summed E-state index contributed by atoms with van der Waals surface area (Å²) in [5, 5.41) is 0. The number of hydrogen-bond acceptors (Lipinski definition) is 4. The van der Waals surface area contributed by atoms with E-state index in [1.165, 1.54) is 0 Å². The average Bonchev–Trinajstić information content (AvgIpc) is 2.66. The molecule has 0 saturated carbocycles. The van der Waals surface area contributed by atoms with E-state index >= 15 is 0 Å². The number of unbranched alkanes of at least 4 members (excludes halogenated alkanes) is 1. The van der Waals surface area contributed by atoms with Gasteiger partial charge in [0.25, 0.3) is 0 Å². The van der Waals surface area contributed by atoms with Crippen molar-refractivity contribution < 1.29 is 17.9 Å². The van der Waals surface area contributed by atoms with Crippen LogP contribution >= 0.6 is 0 Å². The molecule has 6 nitrogen and oxygen atoms in total. The number of ether oxygens (including phenoxy) is 1. The van der Waals surface area contributed by atoms with Gasteiger partial charge in [0.05, 0.1) is 12.3 Å². The molecule has 0 aromatic rings. The SMILES string of the molecule is CCCCS(=O)(=O)NCC1CN(C(C)C)C(=O)O1. The maximum Gasteiger partial charge on any atom is 0.410 e. The lowest BCUT2D eigenvalue weighted by atomic mass is 10.3. The summed E-state index contributed by atoms with van der Waals surface area (Å²) in [6.07, 6.45) is 0.706. The molecule has 1 atom stereocenters. The number of amides is 1. The minimum Gasteiger partial charge on any atom is -0.443 e. The van der Waals surface area contributed by atoms with Crippen molar-refractivity contribution in [2.24, 2.45) is 0 Å². The third kappa shape index (κ3) is 4.45. The Kier molecular flexibility index (Phi) is 5.40. The molecule has 7 heteroatoms. The van der Waals surface area contributed by atoms with E-state index in [1.807, 2.05) is 20.8 Å². The van der Waals surface area contributed by atoms with Gasteiger partial charge >= 0.3 is 6.09 Å². The summed E-state index contributed by atoms with van der Waals surface area (Å²) < 4.78 is 30.7. The van der Waals surface area contributed by atoms with Crippen LogP contribution in [-0.2, 0) is 14.8 Å². The van der Waals surface area contributed by atoms with Gasteiger partial charge in [-0.1, -0.05) is 13.3 Å². The molecule has 106 valence electrons. The fourth-order valence-corrected chi connectivity index (χ4v) is 2.95. The van der Waals surface area contributed by atoms with E-state index < -0.39 is 16.1 Å². The minimum atomic E-state index is -3.25. The largest absolute Gasteiger partial charge is 0.443 e. The Morgan fingerprint density at radius 1 is 1.50 bits per heavy atom. The molecule has 1 heterocycles. The average molecular weight is 278 g/mol. The second-order valence-corrected chi connectivity index (χ2v) is 6.70. The zero-order valence-electron chi connectivity index (χ0n) is 11.2. The Morgan fingerprint density at radius 2 is 2.17 bits per heavy atom. The first-order valence-electron chi connectivity index (χ1n) is 6.30. The molecule has 0 spiro atoms. The highest BCUT2D eigenvalue weighted by Crippen LogP contribution is 2.13. The van der Waals surface area contributed by atoms with Gasteiger partial charge in [0, 0.05) is 12.6 Å². The molecular formula is C11H22N2O4S. The van der Waals surface area contributed by atoms with Crippen molar-refractivity contribution in [3.05, 3.63) is 0 Å². The van der Waals surface area contributed by atoms with Gasteiger partial charge < -0.3 is 9.64 Å². The standard InChI is InChI=1S/C11H22N2O4S/c1-4-5-6-18(15,16)12-7-10-8-13(9(2)3)11(14)17-10/h9-10,12H,4-8H2,1-3H3. The van der Waals surface area contributed by atoms with E-state index in [1.54, 1.807) is 4.90 Å². The summed E-state index contributed by atoms with van der Waals surface area (Å²) in [4.78, 5) is 13.0. The van der Waals surface area contributed by atoms with Gasteiger partial charge in [-0.15, -0.1) is 0 Å². The maximum atomic E-state index is 11.6. The maximum absolute atomic E-state index is 11.6. The van der Waals surface area contributed by atoms with Crippen molar-refractivity contribution in [2.45, 2.75) is 45.8 Å². The Balaban J connectivity index is 2.40. The molecule has 1 amide bonds. The summed E-state index contributed by atoms with van der Waals surface area (Å²) in [5.74, 6) is 0.123. The van der Waals surface area contributed by atoms with Crippen molar-refractivity contribution in [3.8, 4) is 0 Å². The fourth-order valence-electron chi connectivity index (χ4n) is 1.70. The van der Waals surface area contributed by atoms with E-state index in [9.17, 15) is 13.2 Å². The van der Waals surface area contributed by atoms with E-state index in [2.05, 4.69) is 4.72 Å². The number of carbonyl (C=O) groups is 1. The number of hydrogen-bond donors (Lipinski definition) is 1. The number of cyclic esters (lactones) is 1. The first-order chi connectivity index (χ1) is 8.35. The summed E-state index contributed by atoms with van der Waals surface area (Å²) in [7, 11) is -3.25. The van der Waals surface area contributed by atoms with E-state index in [-0.39, 0.29) is 24.4 Å². The molecule has 0 bridgehead atoms. The molecule has 1 saturated heterocycles. The smallest absolute Gasteiger partial charge is 0.410 e. The zero-order valence-corrected chi connectivity index (χ0v) is 12.0. The van der Waals surface area contributed by atoms with Gasteiger partial charge in [0.2, 0.25) is 10.0 Å². The second kappa shape index (κ2) is 6.38. The predicted molar refractivity (Wildman–Crippen MR) is 68.8 cm³/mol. The number of carbonyl (C=O) groups excluding carboxylic acids is 1. The Hall–Kier alpha value is -0.820. The van der Waals surface area contributed by atoms with Crippen LogP contribution in [-0.4, -0.2) is 50.4 Å². The molecule has 0 aromatic carbocycles. The third-order valence-corrected chi connectivity index (χ3v) is 4.26. The highest BCUT2D eigenvalue weighted by atomic mass is 32.2. The molecule has 1 fully saturated rings. The molecule has 0 radical (unpaired) electrons. The van der Waals surface area contributed by atoms with Gasteiger partial charge in [0.15, 0.2) is 0 Å². The quantitative estimate of drug-likeness (QED) is 0.752. The minimum absolute atomic E-state index is 0.0687. The molecule has 1 rings (SSSR count). The Morgan fingerprint density at radius 3 is 2.67 bits per heavy atom. The summed E-state index contributed by atoms with van der Waals surface area (Å²) in [6, 6.07) is 0.0687. The molecule has 18 heavy (non-hydrogen) atoms. The van der Waals surface area contributed by atoms with Crippen molar-refractivity contribution in [1.29, 1.82) is 0 Å². The lowest BCUT2D eigenvalue weighted by Gasteiger charge is -2.16. The zero-order chi connectivity index (χ0) is 13.8. The van der Waals surface area contributed by atoms with Crippen LogP contribution in [0.1, 0.15) is 33.6 Å². The third-order valence-electron chi connectivity index (χ3n) is 2.82. The first kappa shape index (κ1) is 15.2. The molecule has 1 aliphatic heterocycles. The summed E-state index contributed by atoms with van der Waals surface area (Å²) in [5.41, 5.74) is 0. The Bertz CT molecular complexity index is 381. The van der Waals surface area contributed by atoms with Crippen molar-refractivity contribution >= 4 is 16.1 Å². The molecule has 0 aliphatic carbocycles. The number of sulfonamides is 1. The molecule has 0 aromatic heterocycles. The predicted octanol–water partition coefficient (Wildman–Crippen LogP) is 0.935. The van der Waals surface area contributed by atoms with Gasteiger partial charge in [-0.2, -0.15) is 0 Å². The van der Waals surface area contributed by atoms with E-state index in [0.29, 0.717) is 13.0 Å². The monoisotopic (exact) mass is 278 g/mol. The highest BCUT2D eigenvalue weighted by Gasteiger charge is 2.33. The molecule has 1 unspecified atom stereocenters. The fraction of sp³-hybridized carbons (Fsp3) is 0.909.